The first kappa shape index (κ1) is 16.4. The number of amides is 2. The van der Waals surface area contributed by atoms with Crippen LogP contribution in [0, 0.1) is 0 Å². The van der Waals surface area contributed by atoms with E-state index in [1.54, 1.807) is 6.07 Å². The van der Waals surface area contributed by atoms with Gasteiger partial charge < -0.3 is 19.7 Å². The van der Waals surface area contributed by atoms with Crippen LogP contribution in [0.3, 0.4) is 0 Å². The Morgan fingerprint density at radius 3 is 2.73 bits per heavy atom. The number of benzene rings is 1. The van der Waals surface area contributed by atoms with Crippen LogP contribution in [0.2, 0.25) is 5.02 Å². The molecule has 0 unspecified atom stereocenters. The molecule has 1 fully saturated rings. The Morgan fingerprint density at radius 1 is 1.41 bits per heavy atom. The van der Waals surface area contributed by atoms with Crippen molar-refractivity contribution in [1.29, 1.82) is 0 Å². The molecule has 1 aromatic rings. The number of methoxy groups -OCH3 is 1. The van der Waals surface area contributed by atoms with Crippen molar-refractivity contribution in [2.24, 2.45) is 0 Å². The third kappa shape index (κ3) is 3.62. The van der Waals surface area contributed by atoms with Gasteiger partial charge in [0.15, 0.2) is 11.5 Å². The number of ether oxygens (including phenoxy) is 2. The van der Waals surface area contributed by atoms with Gasteiger partial charge in [-0.15, -0.1) is 0 Å². The Kier molecular flexibility index (Phi) is 5.13. The molecule has 2 amide bonds. The summed E-state index contributed by atoms with van der Waals surface area (Å²) in [6, 6.07) is 3.12. The Labute approximate surface area is 134 Å². The van der Waals surface area contributed by atoms with E-state index in [9.17, 15) is 9.59 Å². The van der Waals surface area contributed by atoms with Crippen molar-refractivity contribution in [3.05, 3.63) is 22.7 Å². The van der Waals surface area contributed by atoms with Crippen molar-refractivity contribution in [3.8, 4) is 11.5 Å². The second-order valence-corrected chi connectivity index (χ2v) is 5.64. The maximum Gasteiger partial charge on any atom is 0.254 e. The molecule has 1 heterocycles. The second kappa shape index (κ2) is 6.87. The maximum absolute atomic E-state index is 12.5. The Hall–Kier alpha value is -1.95. The van der Waals surface area contributed by atoms with Gasteiger partial charge in [-0.25, -0.2) is 0 Å². The van der Waals surface area contributed by atoms with E-state index in [2.05, 4.69) is 5.32 Å². The van der Waals surface area contributed by atoms with E-state index < -0.39 is 0 Å². The van der Waals surface area contributed by atoms with E-state index in [0.29, 0.717) is 35.2 Å². The summed E-state index contributed by atoms with van der Waals surface area (Å²) >= 11 is 6.21. The quantitative estimate of drug-likeness (QED) is 0.914. The minimum absolute atomic E-state index is 0.0447. The zero-order valence-corrected chi connectivity index (χ0v) is 13.6. The van der Waals surface area contributed by atoms with Gasteiger partial charge in [0, 0.05) is 18.7 Å². The summed E-state index contributed by atoms with van der Waals surface area (Å²) in [7, 11) is 1.49. The molecular formula is C15H19ClN2O4. The molecule has 1 aliphatic rings. The van der Waals surface area contributed by atoms with Crippen molar-refractivity contribution in [3.63, 3.8) is 0 Å². The predicted octanol–water partition coefficient (Wildman–Crippen LogP) is 1.71. The first-order valence-corrected chi connectivity index (χ1v) is 7.40. The first-order chi connectivity index (χ1) is 10.4. The highest BCUT2D eigenvalue weighted by Crippen LogP contribution is 2.37. The second-order valence-electron chi connectivity index (χ2n) is 5.23. The number of halogens is 1. The number of piperazine rings is 1. The van der Waals surface area contributed by atoms with Crippen LogP contribution < -0.4 is 14.8 Å². The summed E-state index contributed by atoms with van der Waals surface area (Å²) in [4.78, 5) is 25.4. The predicted molar refractivity (Wildman–Crippen MR) is 82.7 cm³/mol. The average molecular weight is 327 g/mol. The molecule has 7 heteroatoms. The standard InChI is InChI=1S/C15H19ClN2O4/c1-9(2)22-14-11(16)6-10(7-12(14)21-3)15(20)18-5-4-17-13(19)8-18/h6-7,9H,4-5,8H2,1-3H3,(H,17,19). The number of rotatable bonds is 4. The van der Waals surface area contributed by atoms with Crippen LogP contribution in [0.1, 0.15) is 24.2 Å². The molecule has 1 saturated heterocycles. The van der Waals surface area contributed by atoms with Gasteiger partial charge in [-0.05, 0) is 26.0 Å². The number of carbonyl (C=O) groups is 2. The molecule has 0 bridgehead atoms. The molecule has 0 radical (unpaired) electrons. The molecule has 120 valence electrons. The topological polar surface area (TPSA) is 67.9 Å². The van der Waals surface area contributed by atoms with Crippen LogP contribution in [0.5, 0.6) is 11.5 Å². The van der Waals surface area contributed by atoms with Gasteiger partial charge in [0.25, 0.3) is 5.91 Å². The van der Waals surface area contributed by atoms with E-state index in [4.69, 9.17) is 21.1 Å². The monoisotopic (exact) mass is 326 g/mol. The van der Waals surface area contributed by atoms with Gasteiger partial charge in [0.1, 0.15) is 0 Å². The van der Waals surface area contributed by atoms with Gasteiger partial charge in [-0.1, -0.05) is 11.6 Å². The fraction of sp³-hybridized carbons (Fsp3) is 0.467. The maximum atomic E-state index is 12.5. The molecule has 1 aliphatic heterocycles. The number of hydrogen-bond donors (Lipinski definition) is 1. The number of nitrogens with one attached hydrogen (secondary N) is 1. The molecule has 1 aromatic carbocycles. The zero-order chi connectivity index (χ0) is 16.3. The molecule has 0 spiro atoms. The first-order valence-electron chi connectivity index (χ1n) is 7.02. The van der Waals surface area contributed by atoms with Crippen molar-refractivity contribution in [1.82, 2.24) is 10.2 Å². The third-order valence-electron chi connectivity index (χ3n) is 3.16. The minimum atomic E-state index is -0.258. The SMILES string of the molecule is COc1cc(C(=O)N2CCNC(=O)C2)cc(Cl)c1OC(C)C. The largest absolute Gasteiger partial charge is 0.493 e. The highest BCUT2D eigenvalue weighted by atomic mass is 35.5. The van der Waals surface area contributed by atoms with Gasteiger partial charge in [0.05, 0.1) is 24.8 Å². The average Bonchev–Trinajstić information content (AvgIpc) is 2.48. The molecule has 0 atom stereocenters. The lowest BCUT2D eigenvalue weighted by atomic mass is 10.1. The summed E-state index contributed by atoms with van der Waals surface area (Å²) < 4.78 is 10.9. The molecule has 22 heavy (non-hydrogen) atoms. The molecule has 0 aliphatic carbocycles. The molecule has 0 aromatic heterocycles. The number of nitrogens with zero attached hydrogens (tertiary/aromatic N) is 1. The van der Waals surface area contributed by atoms with Crippen molar-refractivity contribution in [2.75, 3.05) is 26.7 Å². The van der Waals surface area contributed by atoms with Crippen molar-refractivity contribution < 1.29 is 19.1 Å². The summed E-state index contributed by atoms with van der Waals surface area (Å²) in [5.41, 5.74) is 0.368. The number of carbonyl (C=O) groups excluding carboxylic acids is 2. The molecule has 1 N–H and O–H groups in total. The summed E-state index contributed by atoms with van der Waals surface area (Å²) in [6.45, 7) is 4.71. The Balaban J connectivity index is 2.29. The number of hydrogen-bond acceptors (Lipinski definition) is 4. The smallest absolute Gasteiger partial charge is 0.254 e. The van der Waals surface area contributed by atoms with Gasteiger partial charge in [-0.3, -0.25) is 9.59 Å². The van der Waals surface area contributed by atoms with Crippen molar-refractivity contribution in [2.45, 2.75) is 20.0 Å². The van der Waals surface area contributed by atoms with E-state index >= 15 is 0 Å². The van der Waals surface area contributed by atoms with E-state index in [1.807, 2.05) is 13.8 Å². The van der Waals surface area contributed by atoms with Crippen LogP contribution >= 0.6 is 11.6 Å². The zero-order valence-electron chi connectivity index (χ0n) is 12.8. The Morgan fingerprint density at radius 2 is 2.14 bits per heavy atom. The highest BCUT2D eigenvalue weighted by molar-refractivity contribution is 6.32. The summed E-state index contributed by atoms with van der Waals surface area (Å²) in [5.74, 6) is 0.377. The van der Waals surface area contributed by atoms with E-state index in [1.165, 1.54) is 18.1 Å². The summed E-state index contributed by atoms with van der Waals surface area (Å²) in [5, 5.41) is 2.98. The third-order valence-corrected chi connectivity index (χ3v) is 3.44. The fourth-order valence-corrected chi connectivity index (χ4v) is 2.44. The lowest BCUT2D eigenvalue weighted by molar-refractivity contribution is -0.123. The lowest BCUT2D eigenvalue weighted by Crippen LogP contribution is -2.49. The molecule has 2 rings (SSSR count). The van der Waals surface area contributed by atoms with E-state index in [-0.39, 0.29) is 24.5 Å². The van der Waals surface area contributed by atoms with Gasteiger partial charge in [0.2, 0.25) is 5.91 Å². The van der Waals surface area contributed by atoms with Crippen LogP contribution in [-0.4, -0.2) is 49.6 Å². The lowest BCUT2D eigenvalue weighted by Gasteiger charge is -2.27. The minimum Gasteiger partial charge on any atom is -0.493 e. The van der Waals surface area contributed by atoms with E-state index in [0.717, 1.165) is 0 Å². The van der Waals surface area contributed by atoms with Gasteiger partial charge >= 0.3 is 0 Å². The van der Waals surface area contributed by atoms with Crippen LogP contribution in [0.25, 0.3) is 0 Å². The molecule has 0 saturated carbocycles. The van der Waals surface area contributed by atoms with Gasteiger partial charge in [-0.2, -0.15) is 0 Å². The molecule has 6 nitrogen and oxygen atoms in total. The highest BCUT2D eigenvalue weighted by Gasteiger charge is 2.24. The summed E-state index contributed by atoms with van der Waals surface area (Å²) in [6.07, 6.45) is -0.0706. The van der Waals surface area contributed by atoms with Crippen molar-refractivity contribution >= 4 is 23.4 Å². The fourth-order valence-electron chi connectivity index (χ4n) is 2.19. The Bertz CT molecular complexity index is 589. The van der Waals surface area contributed by atoms with Crippen LogP contribution in [0.15, 0.2) is 12.1 Å². The normalized spacial score (nSPS) is 14.8. The van der Waals surface area contributed by atoms with Crippen LogP contribution in [0.4, 0.5) is 0 Å². The molecular weight excluding hydrogens is 308 g/mol. The van der Waals surface area contributed by atoms with Crippen LogP contribution in [-0.2, 0) is 4.79 Å².